The van der Waals surface area contributed by atoms with Crippen LogP contribution in [0.2, 0.25) is 0 Å². The van der Waals surface area contributed by atoms with Gasteiger partial charge in [0.25, 0.3) is 5.91 Å². The van der Waals surface area contributed by atoms with E-state index in [0.717, 1.165) is 17.7 Å². The van der Waals surface area contributed by atoms with Crippen LogP contribution in [0.15, 0.2) is 30.5 Å². The van der Waals surface area contributed by atoms with E-state index >= 15 is 0 Å². The maximum atomic E-state index is 12.4. The monoisotopic (exact) mass is 273 g/mol. The third kappa shape index (κ3) is 2.99. The zero-order valence-electron chi connectivity index (χ0n) is 12.0. The van der Waals surface area contributed by atoms with Crippen molar-refractivity contribution in [2.45, 2.75) is 19.9 Å². The molecule has 0 aliphatic carbocycles. The van der Waals surface area contributed by atoms with E-state index in [1.807, 2.05) is 26.1 Å². The van der Waals surface area contributed by atoms with Gasteiger partial charge in [0, 0.05) is 26.8 Å². The summed E-state index contributed by atoms with van der Waals surface area (Å²) in [5.74, 6) is 0.186. The summed E-state index contributed by atoms with van der Waals surface area (Å²) in [6, 6.07) is 6.86. The molecular formula is C15H19N3O2. The molecule has 0 fully saturated rings. The largest absolute Gasteiger partial charge is 0.508 e. The van der Waals surface area contributed by atoms with Crippen molar-refractivity contribution in [2.75, 3.05) is 7.05 Å². The first-order valence-corrected chi connectivity index (χ1v) is 6.57. The average Bonchev–Trinajstić information content (AvgIpc) is 2.81. The molecule has 1 aromatic heterocycles. The number of phenols is 1. The lowest BCUT2D eigenvalue weighted by Crippen LogP contribution is -2.26. The lowest BCUT2D eigenvalue weighted by Gasteiger charge is -2.17. The third-order valence-electron chi connectivity index (χ3n) is 3.17. The molecule has 0 saturated carbocycles. The first-order chi connectivity index (χ1) is 9.51. The van der Waals surface area contributed by atoms with Crippen LogP contribution in [0, 0.1) is 0 Å². The fraction of sp³-hybridized carbons (Fsp3) is 0.333. The van der Waals surface area contributed by atoms with Gasteiger partial charge < -0.3 is 10.0 Å². The van der Waals surface area contributed by atoms with Crippen LogP contribution in [-0.4, -0.2) is 32.7 Å². The zero-order chi connectivity index (χ0) is 14.7. The molecule has 2 rings (SSSR count). The highest BCUT2D eigenvalue weighted by Crippen LogP contribution is 2.14. The van der Waals surface area contributed by atoms with Gasteiger partial charge in [0.05, 0.1) is 11.3 Å². The van der Waals surface area contributed by atoms with Crippen molar-refractivity contribution >= 4 is 5.91 Å². The van der Waals surface area contributed by atoms with Gasteiger partial charge in [-0.05, 0) is 24.1 Å². The van der Waals surface area contributed by atoms with Crippen molar-refractivity contribution in [3.8, 4) is 5.75 Å². The Kier molecular flexibility index (Phi) is 4.08. The number of carbonyl (C=O) groups excluding carboxylic acids is 1. The van der Waals surface area contributed by atoms with E-state index in [1.54, 1.807) is 35.0 Å². The van der Waals surface area contributed by atoms with Crippen molar-refractivity contribution in [2.24, 2.45) is 7.05 Å². The second-order valence-corrected chi connectivity index (χ2v) is 4.84. The Labute approximate surface area is 118 Å². The van der Waals surface area contributed by atoms with Gasteiger partial charge in [-0.3, -0.25) is 9.48 Å². The Balaban J connectivity index is 2.14. The molecule has 20 heavy (non-hydrogen) atoms. The van der Waals surface area contributed by atoms with Crippen molar-refractivity contribution < 1.29 is 9.90 Å². The predicted octanol–water partition coefficient (Wildman–Crippen LogP) is 1.96. The van der Waals surface area contributed by atoms with E-state index < -0.39 is 0 Å². The summed E-state index contributed by atoms with van der Waals surface area (Å²) in [5.41, 5.74) is 2.44. The molecule has 5 nitrogen and oxygen atoms in total. The number of carbonyl (C=O) groups is 1. The van der Waals surface area contributed by atoms with E-state index in [2.05, 4.69) is 5.10 Å². The Morgan fingerprint density at radius 1 is 1.35 bits per heavy atom. The SMILES string of the molecule is CCc1nn(C)cc1C(=O)N(C)Cc1ccc(O)cc1. The van der Waals surface area contributed by atoms with E-state index in [0.29, 0.717) is 12.1 Å². The molecule has 106 valence electrons. The van der Waals surface area contributed by atoms with Crippen LogP contribution in [0.5, 0.6) is 5.75 Å². The normalized spacial score (nSPS) is 10.6. The minimum absolute atomic E-state index is 0.0389. The number of aromatic nitrogens is 2. The lowest BCUT2D eigenvalue weighted by atomic mass is 10.1. The lowest BCUT2D eigenvalue weighted by molar-refractivity contribution is 0.0784. The highest BCUT2D eigenvalue weighted by molar-refractivity contribution is 5.94. The molecule has 0 spiro atoms. The van der Waals surface area contributed by atoms with Gasteiger partial charge >= 0.3 is 0 Å². The van der Waals surface area contributed by atoms with E-state index in [1.165, 1.54) is 0 Å². The molecule has 0 bridgehead atoms. The molecular weight excluding hydrogens is 254 g/mol. The number of phenolic OH excluding ortho intramolecular Hbond substituents is 1. The van der Waals surface area contributed by atoms with Gasteiger partial charge in [-0.2, -0.15) is 5.10 Å². The van der Waals surface area contributed by atoms with Crippen LogP contribution < -0.4 is 0 Å². The summed E-state index contributed by atoms with van der Waals surface area (Å²) in [4.78, 5) is 14.1. The summed E-state index contributed by atoms with van der Waals surface area (Å²) < 4.78 is 1.67. The van der Waals surface area contributed by atoms with E-state index in [-0.39, 0.29) is 11.7 Å². The van der Waals surface area contributed by atoms with Crippen molar-refractivity contribution in [3.63, 3.8) is 0 Å². The maximum Gasteiger partial charge on any atom is 0.257 e. The van der Waals surface area contributed by atoms with Gasteiger partial charge in [0.2, 0.25) is 0 Å². The first kappa shape index (κ1) is 14.1. The highest BCUT2D eigenvalue weighted by atomic mass is 16.3. The molecule has 0 aliphatic heterocycles. The minimum atomic E-state index is -0.0389. The number of hydrogen-bond acceptors (Lipinski definition) is 3. The number of hydrogen-bond donors (Lipinski definition) is 1. The molecule has 0 aliphatic rings. The molecule has 1 N–H and O–H groups in total. The van der Waals surface area contributed by atoms with Gasteiger partial charge in [0.1, 0.15) is 5.75 Å². The standard InChI is InChI=1S/C15H19N3O2/c1-4-14-13(10-18(3)16-14)15(20)17(2)9-11-5-7-12(19)8-6-11/h5-8,10,19H,4,9H2,1-3H3. The third-order valence-corrected chi connectivity index (χ3v) is 3.17. The van der Waals surface area contributed by atoms with Crippen LogP contribution in [0.25, 0.3) is 0 Å². The fourth-order valence-electron chi connectivity index (χ4n) is 2.13. The van der Waals surface area contributed by atoms with Crippen LogP contribution in [0.3, 0.4) is 0 Å². The van der Waals surface area contributed by atoms with Crippen LogP contribution in [-0.2, 0) is 20.0 Å². The van der Waals surface area contributed by atoms with Crippen molar-refractivity contribution in [3.05, 3.63) is 47.3 Å². The number of rotatable bonds is 4. The molecule has 0 atom stereocenters. The summed E-state index contributed by atoms with van der Waals surface area (Å²) >= 11 is 0. The quantitative estimate of drug-likeness (QED) is 0.926. The van der Waals surface area contributed by atoms with E-state index in [9.17, 15) is 9.90 Å². The number of benzene rings is 1. The average molecular weight is 273 g/mol. The Hall–Kier alpha value is -2.30. The fourth-order valence-corrected chi connectivity index (χ4v) is 2.13. The summed E-state index contributed by atoms with van der Waals surface area (Å²) in [6.45, 7) is 2.48. The predicted molar refractivity (Wildman–Crippen MR) is 76.5 cm³/mol. The summed E-state index contributed by atoms with van der Waals surface area (Å²) in [6.07, 6.45) is 2.49. The molecule has 0 unspecified atom stereocenters. The number of aryl methyl sites for hydroxylation is 2. The Morgan fingerprint density at radius 3 is 2.60 bits per heavy atom. The van der Waals surface area contributed by atoms with Gasteiger partial charge in [-0.1, -0.05) is 19.1 Å². The molecule has 0 radical (unpaired) electrons. The molecule has 1 aromatic carbocycles. The number of amides is 1. The Bertz CT molecular complexity index is 602. The molecule has 0 saturated heterocycles. The molecule has 1 heterocycles. The van der Waals surface area contributed by atoms with Crippen molar-refractivity contribution in [1.82, 2.24) is 14.7 Å². The zero-order valence-corrected chi connectivity index (χ0v) is 12.0. The second kappa shape index (κ2) is 5.77. The number of aromatic hydroxyl groups is 1. The van der Waals surface area contributed by atoms with Gasteiger partial charge in [-0.15, -0.1) is 0 Å². The summed E-state index contributed by atoms with van der Waals surface area (Å²) in [5, 5.41) is 13.5. The first-order valence-electron chi connectivity index (χ1n) is 6.57. The second-order valence-electron chi connectivity index (χ2n) is 4.84. The topological polar surface area (TPSA) is 58.4 Å². The summed E-state index contributed by atoms with van der Waals surface area (Å²) in [7, 11) is 3.58. The smallest absolute Gasteiger partial charge is 0.257 e. The van der Waals surface area contributed by atoms with Crippen LogP contribution in [0.4, 0.5) is 0 Å². The highest BCUT2D eigenvalue weighted by Gasteiger charge is 2.18. The minimum Gasteiger partial charge on any atom is -0.508 e. The maximum absolute atomic E-state index is 12.4. The number of nitrogens with zero attached hydrogens (tertiary/aromatic N) is 3. The molecule has 2 aromatic rings. The van der Waals surface area contributed by atoms with Crippen LogP contribution in [0.1, 0.15) is 28.5 Å². The molecule has 5 heteroatoms. The van der Waals surface area contributed by atoms with Crippen molar-refractivity contribution in [1.29, 1.82) is 0 Å². The van der Waals surface area contributed by atoms with Crippen LogP contribution >= 0.6 is 0 Å². The van der Waals surface area contributed by atoms with Gasteiger partial charge in [-0.25, -0.2) is 0 Å². The molecule has 1 amide bonds. The van der Waals surface area contributed by atoms with Gasteiger partial charge in [0.15, 0.2) is 0 Å². The Morgan fingerprint density at radius 2 is 2.00 bits per heavy atom. The van der Waals surface area contributed by atoms with E-state index in [4.69, 9.17) is 0 Å².